The molecule has 0 aromatic rings. The molecule has 1 N–H and O–H groups in total. The molecule has 1 unspecified atom stereocenters. The molecule has 1 nitrogen and oxygen atoms in total. The second-order valence-electron chi connectivity index (χ2n) is 5.04. The van der Waals surface area contributed by atoms with Gasteiger partial charge in [-0.15, -0.1) is 0 Å². The molecule has 0 fully saturated rings. The van der Waals surface area contributed by atoms with E-state index in [4.69, 9.17) is 0 Å². The lowest BCUT2D eigenvalue weighted by atomic mass is 9.85. The lowest BCUT2D eigenvalue weighted by molar-refractivity contribution is 0.313. The zero-order valence-electron chi connectivity index (χ0n) is 10.1. The molecular formula is C12H25N. The molecule has 0 amide bonds. The van der Waals surface area contributed by atoms with E-state index in [2.05, 4.69) is 52.9 Å². The molecule has 0 aliphatic carbocycles. The third-order valence-corrected chi connectivity index (χ3v) is 2.05. The highest BCUT2D eigenvalue weighted by Crippen LogP contribution is 2.21. The van der Waals surface area contributed by atoms with Crippen LogP contribution in [0.3, 0.4) is 0 Å². The predicted molar refractivity (Wildman–Crippen MR) is 61.0 cm³/mol. The average Bonchev–Trinajstić information content (AvgIpc) is 1.95. The maximum atomic E-state index is 3.56. The van der Waals surface area contributed by atoms with E-state index in [1.54, 1.807) is 0 Å². The van der Waals surface area contributed by atoms with Crippen LogP contribution in [0.5, 0.6) is 0 Å². The van der Waals surface area contributed by atoms with Gasteiger partial charge in [0.15, 0.2) is 0 Å². The third-order valence-electron chi connectivity index (χ3n) is 2.05. The first-order valence-electron chi connectivity index (χ1n) is 5.26. The Morgan fingerprint density at radius 3 is 2.15 bits per heavy atom. The largest absolute Gasteiger partial charge is 0.310 e. The molecule has 0 aromatic heterocycles. The molecule has 0 bridgehead atoms. The van der Waals surface area contributed by atoms with Crippen molar-refractivity contribution in [3.8, 4) is 0 Å². The number of hydrogen-bond acceptors (Lipinski definition) is 1. The second-order valence-corrected chi connectivity index (χ2v) is 5.04. The van der Waals surface area contributed by atoms with Gasteiger partial charge in [0, 0.05) is 6.04 Å². The summed E-state index contributed by atoms with van der Waals surface area (Å²) in [4.78, 5) is 0. The van der Waals surface area contributed by atoms with Gasteiger partial charge in [-0.05, 0) is 32.2 Å². The van der Waals surface area contributed by atoms with E-state index in [-0.39, 0.29) is 0 Å². The number of allylic oxidation sites excluding steroid dienone is 1. The van der Waals surface area contributed by atoms with Crippen molar-refractivity contribution in [3.63, 3.8) is 0 Å². The van der Waals surface area contributed by atoms with Crippen LogP contribution in [0.25, 0.3) is 0 Å². The standard InChI is InChI=1S/C12H25N/c1-7-8-13-11(9-10(2)3)12(4,5)6/h9,11,13H,7-8H2,1-6H3. The molecule has 1 atom stereocenters. The van der Waals surface area contributed by atoms with Gasteiger partial charge in [-0.2, -0.15) is 0 Å². The summed E-state index contributed by atoms with van der Waals surface area (Å²) in [6.45, 7) is 14.5. The lowest BCUT2D eigenvalue weighted by Gasteiger charge is -2.29. The van der Waals surface area contributed by atoms with Gasteiger partial charge in [-0.3, -0.25) is 0 Å². The maximum Gasteiger partial charge on any atom is 0.0301 e. The highest BCUT2D eigenvalue weighted by atomic mass is 14.9. The molecule has 13 heavy (non-hydrogen) atoms. The normalized spacial score (nSPS) is 14.0. The van der Waals surface area contributed by atoms with Gasteiger partial charge < -0.3 is 5.32 Å². The van der Waals surface area contributed by atoms with E-state index in [0.717, 1.165) is 6.54 Å². The Bertz CT molecular complexity index is 158. The molecular weight excluding hydrogens is 158 g/mol. The van der Waals surface area contributed by atoms with Gasteiger partial charge in [0.25, 0.3) is 0 Å². The average molecular weight is 183 g/mol. The van der Waals surface area contributed by atoms with Crippen LogP contribution in [-0.2, 0) is 0 Å². The molecule has 0 aromatic carbocycles. The first kappa shape index (κ1) is 12.7. The van der Waals surface area contributed by atoms with Crippen molar-refractivity contribution in [2.24, 2.45) is 5.41 Å². The summed E-state index contributed by atoms with van der Waals surface area (Å²) in [5.74, 6) is 0. The van der Waals surface area contributed by atoms with Crippen molar-refractivity contribution < 1.29 is 0 Å². The van der Waals surface area contributed by atoms with Gasteiger partial charge >= 0.3 is 0 Å². The highest BCUT2D eigenvalue weighted by molar-refractivity contribution is 5.05. The number of hydrogen-bond donors (Lipinski definition) is 1. The Morgan fingerprint density at radius 1 is 1.31 bits per heavy atom. The van der Waals surface area contributed by atoms with Crippen molar-refractivity contribution >= 4 is 0 Å². The van der Waals surface area contributed by atoms with Crippen molar-refractivity contribution in [1.29, 1.82) is 0 Å². The Balaban J connectivity index is 4.29. The van der Waals surface area contributed by atoms with Crippen molar-refractivity contribution in [1.82, 2.24) is 5.32 Å². The maximum absolute atomic E-state index is 3.56. The van der Waals surface area contributed by atoms with Crippen molar-refractivity contribution in [3.05, 3.63) is 11.6 Å². The molecule has 78 valence electrons. The summed E-state index contributed by atoms with van der Waals surface area (Å²) >= 11 is 0. The van der Waals surface area contributed by atoms with E-state index in [0.29, 0.717) is 11.5 Å². The van der Waals surface area contributed by atoms with Crippen molar-refractivity contribution in [2.75, 3.05) is 6.54 Å². The van der Waals surface area contributed by atoms with Gasteiger partial charge in [-0.25, -0.2) is 0 Å². The van der Waals surface area contributed by atoms with Gasteiger partial charge in [0.2, 0.25) is 0 Å². The topological polar surface area (TPSA) is 12.0 Å². The van der Waals surface area contributed by atoms with Gasteiger partial charge in [0.1, 0.15) is 0 Å². The zero-order chi connectivity index (χ0) is 10.5. The molecule has 0 aliphatic rings. The van der Waals surface area contributed by atoms with Crippen LogP contribution in [0.4, 0.5) is 0 Å². The minimum atomic E-state index is 0.312. The molecule has 0 spiro atoms. The third kappa shape index (κ3) is 5.87. The Morgan fingerprint density at radius 2 is 1.85 bits per heavy atom. The van der Waals surface area contributed by atoms with E-state index in [9.17, 15) is 0 Å². The Labute approximate surface area is 83.6 Å². The fourth-order valence-electron chi connectivity index (χ4n) is 1.25. The summed E-state index contributed by atoms with van der Waals surface area (Å²) in [5, 5.41) is 3.56. The number of rotatable bonds is 4. The van der Waals surface area contributed by atoms with Crippen LogP contribution >= 0.6 is 0 Å². The van der Waals surface area contributed by atoms with Crippen molar-refractivity contribution in [2.45, 2.75) is 54.0 Å². The SMILES string of the molecule is CCCNC(C=C(C)C)C(C)(C)C. The minimum Gasteiger partial charge on any atom is -0.310 e. The van der Waals surface area contributed by atoms with Gasteiger partial charge in [-0.1, -0.05) is 39.3 Å². The zero-order valence-corrected chi connectivity index (χ0v) is 10.1. The van der Waals surface area contributed by atoms with Crippen LogP contribution in [0.15, 0.2) is 11.6 Å². The van der Waals surface area contributed by atoms with E-state index in [1.165, 1.54) is 12.0 Å². The summed E-state index contributed by atoms with van der Waals surface area (Å²) in [6, 6.07) is 0.498. The first-order valence-corrected chi connectivity index (χ1v) is 5.26. The molecule has 0 radical (unpaired) electrons. The van der Waals surface area contributed by atoms with Crippen LogP contribution in [0, 0.1) is 5.41 Å². The van der Waals surface area contributed by atoms with Crippen LogP contribution in [0.1, 0.15) is 48.0 Å². The molecule has 0 heterocycles. The molecule has 0 saturated heterocycles. The number of nitrogens with one attached hydrogen (secondary N) is 1. The van der Waals surface area contributed by atoms with E-state index >= 15 is 0 Å². The Kier molecular flexibility index (Phi) is 5.31. The van der Waals surface area contributed by atoms with Crippen LogP contribution in [-0.4, -0.2) is 12.6 Å². The molecule has 0 aliphatic heterocycles. The van der Waals surface area contributed by atoms with E-state index < -0.39 is 0 Å². The second kappa shape index (κ2) is 5.43. The molecule has 1 heteroatoms. The summed E-state index contributed by atoms with van der Waals surface area (Å²) in [6.07, 6.45) is 3.53. The quantitative estimate of drug-likeness (QED) is 0.659. The monoisotopic (exact) mass is 183 g/mol. The van der Waals surface area contributed by atoms with Gasteiger partial charge in [0.05, 0.1) is 0 Å². The van der Waals surface area contributed by atoms with Crippen LogP contribution in [0.2, 0.25) is 0 Å². The summed E-state index contributed by atoms with van der Waals surface area (Å²) in [5.41, 5.74) is 1.70. The predicted octanol–water partition coefficient (Wildman–Crippen LogP) is 3.37. The smallest absolute Gasteiger partial charge is 0.0301 e. The Hall–Kier alpha value is -0.300. The highest BCUT2D eigenvalue weighted by Gasteiger charge is 2.21. The van der Waals surface area contributed by atoms with Crippen LogP contribution < -0.4 is 5.32 Å². The lowest BCUT2D eigenvalue weighted by Crippen LogP contribution is -2.39. The summed E-state index contributed by atoms with van der Waals surface area (Å²) < 4.78 is 0. The first-order chi connectivity index (χ1) is 5.88. The fourth-order valence-corrected chi connectivity index (χ4v) is 1.25. The summed E-state index contributed by atoms with van der Waals surface area (Å²) in [7, 11) is 0. The molecule has 0 saturated carbocycles. The minimum absolute atomic E-state index is 0.312. The van der Waals surface area contributed by atoms with E-state index in [1.807, 2.05) is 0 Å². The molecule has 0 rings (SSSR count). The fraction of sp³-hybridized carbons (Fsp3) is 0.833.